The lowest BCUT2D eigenvalue weighted by Crippen LogP contribution is -2.38. The Bertz CT molecular complexity index is 161. The van der Waals surface area contributed by atoms with Crippen LogP contribution in [0.3, 0.4) is 0 Å². The lowest BCUT2D eigenvalue weighted by Gasteiger charge is -2.39. The third kappa shape index (κ3) is 2.98. The molecule has 84 valence electrons. The molecule has 1 aliphatic rings. The molecule has 1 atom stereocenters. The molecule has 1 unspecified atom stereocenters. The Balaban J connectivity index is 2.42. The maximum Gasteiger partial charge on any atom is -0.00161 e. The van der Waals surface area contributed by atoms with Crippen LogP contribution in [-0.2, 0) is 0 Å². The quantitative estimate of drug-likeness (QED) is 0.656. The van der Waals surface area contributed by atoms with E-state index in [4.69, 9.17) is 0 Å². The molecular weight excluding hydrogens is 170 g/mol. The lowest BCUT2D eigenvalue weighted by molar-refractivity contribution is 0.100. The standard InChI is InChI=1S/C13H27N/c1-6-14-9-7-12(8-10-14)11(2)13(3,4)5/h11-12H,6-10H2,1-5H3. The molecule has 1 aliphatic heterocycles. The molecule has 0 aromatic carbocycles. The smallest absolute Gasteiger partial charge is 0.00161 e. The van der Waals surface area contributed by atoms with Crippen molar-refractivity contribution in [1.82, 2.24) is 4.90 Å². The van der Waals surface area contributed by atoms with Crippen LogP contribution in [-0.4, -0.2) is 24.5 Å². The van der Waals surface area contributed by atoms with Crippen LogP contribution in [0.25, 0.3) is 0 Å². The Kier molecular flexibility index (Phi) is 4.00. The first-order valence-electron chi connectivity index (χ1n) is 6.17. The van der Waals surface area contributed by atoms with Gasteiger partial charge in [0.25, 0.3) is 0 Å². The summed E-state index contributed by atoms with van der Waals surface area (Å²) in [7, 11) is 0. The van der Waals surface area contributed by atoms with Gasteiger partial charge in [0, 0.05) is 0 Å². The molecule has 0 spiro atoms. The van der Waals surface area contributed by atoms with Crippen molar-refractivity contribution in [3.8, 4) is 0 Å². The number of nitrogens with zero attached hydrogens (tertiary/aromatic N) is 1. The van der Waals surface area contributed by atoms with Crippen molar-refractivity contribution >= 4 is 0 Å². The van der Waals surface area contributed by atoms with Crippen LogP contribution in [0, 0.1) is 17.3 Å². The summed E-state index contributed by atoms with van der Waals surface area (Å²) >= 11 is 0. The van der Waals surface area contributed by atoms with Crippen LogP contribution in [0.5, 0.6) is 0 Å². The first-order chi connectivity index (χ1) is 6.45. The Morgan fingerprint density at radius 1 is 1.21 bits per heavy atom. The van der Waals surface area contributed by atoms with Crippen LogP contribution in [0.2, 0.25) is 0 Å². The summed E-state index contributed by atoms with van der Waals surface area (Å²) in [5.74, 6) is 1.82. The van der Waals surface area contributed by atoms with E-state index in [-0.39, 0.29) is 0 Å². The van der Waals surface area contributed by atoms with E-state index >= 15 is 0 Å². The minimum atomic E-state index is 0.485. The van der Waals surface area contributed by atoms with Crippen molar-refractivity contribution in [2.24, 2.45) is 17.3 Å². The number of hydrogen-bond acceptors (Lipinski definition) is 1. The van der Waals surface area contributed by atoms with E-state index in [0.29, 0.717) is 5.41 Å². The first kappa shape index (κ1) is 12.0. The van der Waals surface area contributed by atoms with Crippen LogP contribution < -0.4 is 0 Å². The van der Waals surface area contributed by atoms with Crippen molar-refractivity contribution in [1.29, 1.82) is 0 Å². The van der Waals surface area contributed by atoms with Crippen molar-refractivity contribution in [2.45, 2.75) is 47.5 Å². The average molecular weight is 197 g/mol. The molecule has 0 radical (unpaired) electrons. The highest BCUT2D eigenvalue weighted by Gasteiger charge is 2.30. The predicted octanol–water partition coefficient (Wildman–Crippen LogP) is 3.40. The molecule has 0 amide bonds. The molecule has 0 bridgehead atoms. The van der Waals surface area contributed by atoms with Gasteiger partial charge in [-0.1, -0.05) is 34.6 Å². The van der Waals surface area contributed by atoms with E-state index in [1.54, 1.807) is 0 Å². The molecule has 1 heteroatoms. The van der Waals surface area contributed by atoms with E-state index in [1.165, 1.54) is 32.5 Å². The second-order valence-electron chi connectivity index (χ2n) is 5.93. The Morgan fingerprint density at radius 2 is 1.71 bits per heavy atom. The summed E-state index contributed by atoms with van der Waals surface area (Å²) in [5.41, 5.74) is 0.485. The third-order valence-electron chi connectivity index (χ3n) is 4.15. The second-order valence-corrected chi connectivity index (χ2v) is 5.93. The fourth-order valence-electron chi connectivity index (χ4n) is 2.48. The maximum absolute atomic E-state index is 2.58. The summed E-state index contributed by atoms with van der Waals surface area (Å²) in [6, 6.07) is 0. The summed E-state index contributed by atoms with van der Waals surface area (Å²) in [6.07, 6.45) is 2.82. The van der Waals surface area contributed by atoms with Crippen LogP contribution in [0.4, 0.5) is 0 Å². The Hall–Kier alpha value is -0.0400. The highest BCUT2D eigenvalue weighted by molar-refractivity contribution is 4.81. The third-order valence-corrected chi connectivity index (χ3v) is 4.15. The molecule has 0 aliphatic carbocycles. The van der Waals surface area contributed by atoms with Gasteiger partial charge in [0.15, 0.2) is 0 Å². The van der Waals surface area contributed by atoms with Gasteiger partial charge in [0.2, 0.25) is 0 Å². The molecule has 1 rings (SSSR count). The molecule has 0 aromatic heterocycles. The highest BCUT2D eigenvalue weighted by atomic mass is 15.1. The number of hydrogen-bond donors (Lipinski definition) is 0. The van der Waals surface area contributed by atoms with E-state index < -0.39 is 0 Å². The molecule has 1 fully saturated rings. The van der Waals surface area contributed by atoms with Gasteiger partial charge in [-0.25, -0.2) is 0 Å². The molecule has 0 saturated carbocycles. The van der Waals surface area contributed by atoms with Gasteiger partial charge in [-0.15, -0.1) is 0 Å². The van der Waals surface area contributed by atoms with Gasteiger partial charge in [0.05, 0.1) is 0 Å². The van der Waals surface area contributed by atoms with E-state index in [0.717, 1.165) is 11.8 Å². The summed E-state index contributed by atoms with van der Waals surface area (Å²) in [5, 5.41) is 0. The second kappa shape index (κ2) is 4.65. The van der Waals surface area contributed by atoms with Gasteiger partial charge in [-0.2, -0.15) is 0 Å². The zero-order valence-electron chi connectivity index (χ0n) is 10.6. The number of likely N-dealkylation sites (tertiary alicyclic amines) is 1. The largest absolute Gasteiger partial charge is 0.304 e. The topological polar surface area (TPSA) is 3.24 Å². The van der Waals surface area contributed by atoms with Crippen LogP contribution >= 0.6 is 0 Å². The van der Waals surface area contributed by atoms with Gasteiger partial charge in [0.1, 0.15) is 0 Å². The molecular formula is C13H27N. The molecule has 0 N–H and O–H groups in total. The minimum absolute atomic E-state index is 0.485. The maximum atomic E-state index is 2.58. The molecule has 1 heterocycles. The van der Waals surface area contributed by atoms with Crippen molar-refractivity contribution in [2.75, 3.05) is 19.6 Å². The summed E-state index contributed by atoms with van der Waals surface area (Å²) in [4.78, 5) is 2.58. The van der Waals surface area contributed by atoms with E-state index in [1.807, 2.05) is 0 Å². The lowest BCUT2D eigenvalue weighted by atomic mass is 9.71. The molecule has 14 heavy (non-hydrogen) atoms. The van der Waals surface area contributed by atoms with Gasteiger partial charge >= 0.3 is 0 Å². The average Bonchev–Trinajstić information content (AvgIpc) is 2.15. The van der Waals surface area contributed by atoms with E-state index in [9.17, 15) is 0 Å². The highest BCUT2D eigenvalue weighted by Crippen LogP contribution is 2.36. The molecule has 1 saturated heterocycles. The normalized spacial score (nSPS) is 23.8. The predicted molar refractivity (Wildman–Crippen MR) is 63.5 cm³/mol. The SMILES string of the molecule is CCN1CCC(C(C)C(C)(C)C)CC1. The van der Waals surface area contributed by atoms with Crippen LogP contribution in [0.1, 0.15) is 47.5 Å². The van der Waals surface area contributed by atoms with Crippen molar-refractivity contribution < 1.29 is 0 Å². The van der Waals surface area contributed by atoms with Gasteiger partial charge in [-0.05, 0) is 49.7 Å². The van der Waals surface area contributed by atoms with Gasteiger partial charge in [-0.3, -0.25) is 0 Å². The fourth-order valence-corrected chi connectivity index (χ4v) is 2.48. The molecule has 1 nitrogen and oxygen atoms in total. The summed E-state index contributed by atoms with van der Waals surface area (Å²) in [6.45, 7) is 15.7. The summed E-state index contributed by atoms with van der Waals surface area (Å²) < 4.78 is 0. The number of piperidine rings is 1. The molecule has 0 aromatic rings. The zero-order valence-corrected chi connectivity index (χ0v) is 10.6. The number of rotatable bonds is 2. The Morgan fingerprint density at radius 3 is 2.07 bits per heavy atom. The fraction of sp³-hybridized carbons (Fsp3) is 1.00. The van der Waals surface area contributed by atoms with Crippen molar-refractivity contribution in [3.63, 3.8) is 0 Å². The minimum Gasteiger partial charge on any atom is -0.304 e. The van der Waals surface area contributed by atoms with Crippen LogP contribution in [0.15, 0.2) is 0 Å². The van der Waals surface area contributed by atoms with E-state index in [2.05, 4.69) is 39.5 Å². The van der Waals surface area contributed by atoms with Gasteiger partial charge < -0.3 is 4.90 Å². The zero-order chi connectivity index (χ0) is 10.8. The Labute approximate surface area is 89.9 Å². The monoisotopic (exact) mass is 197 g/mol. The first-order valence-corrected chi connectivity index (χ1v) is 6.17. The van der Waals surface area contributed by atoms with Crippen molar-refractivity contribution in [3.05, 3.63) is 0 Å².